The lowest BCUT2D eigenvalue weighted by molar-refractivity contribution is -0.133. The third kappa shape index (κ3) is 4.48. The molecule has 6 nitrogen and oxygen atoms in total. The second-order valence-corrected chi connectivity index (χ2v) is 9.75. The molecule has 0 saturated carbocycles. The van der Waals surface area contributed by atoms with E-state index in [1.807, 2.05) is 12.1 Å². The number of carbonyl (C=O) groups excluding carboxylic acids is 2. The Morgan fingerprint density at radius 3 is 2.70 bits per heavy atom. The third-order valence-electron chi connectivity index (χ3n) is 6.58. The van der Waals surface area contributed by atoms with Gasteiger partial charge < -0.3 is 14.8 Å². The number of hydrogen-bond acceptors (Lipinski definition) is 3. The van der Waals surface area contributed by atoms with E-state index in [2.05, 4.69) is 73.7 Å². The highest BCUT2D eigenvalue weighted by atomic mass is 79.9. The molecule has 1 aromatic heterocycles. The molecule has 1 saturated heterocycles. The molecule has 1 fully saturated rings. The van der Waals surface area contributed by atoms with Crippen LogP contribution in [0.15, 0.2) is 65.7 Å². The number of carbonyl (C=O) groups is 2. The van der Waals surface area contributed by atoms with E-state index >= 15 is 0 Å². The van der Waals surface area contributed by atoms with Gasteiger partial charge in [-0.2, -0.15) is 0 Å². The maximum atomic E-state index is 13.0. The number of aromatic nitrogens is 1. The Bertz CT molecular complexity index is 1210. The highest BCUT2D eigenvalue weighted by Crippen LogP contribution is 2.33. The SMILES string of the molecule is C=CC(=O)N1CC(NC(=O)Cn2c3c(c4cc(Br)ccc42)CCN(Cc2ccccc2)C3)C1. The van der Waals surface area contributed by atoms with E-state index in [-0.39, 0.29) is 24.4 Å². The first-order chi connectivity index (χ1) is 16.0. The number of halogens is 1. The molecule has 0 aliphatic carbocycles. The fourth-order valence-electron chi connectivity index (χ4n) is 4.92. The van der Waals surface area contributed by atoms with Crippen molar-refractivity contribution in [2.24, 2.45) is 0 Å². The summed E-state index contributed by atoms with van der Waals surface area (Å²) in [6, 6.07) is 16.8. The van der Waals surface area contributed by atoms with Gasteiger partial charge in [0, 0.05) is 53.8 Å². The molecule has 33 heavy (non-hydrogen) atoms. The zero-order valence-corrected chi connectivity index (χ0v) is 20.1. The van der Waals surface area contributed by atoms with E-state index in [1.54, 1.807) is 4.90 Å². The van der Waals surface area contributed by atoms with Crippen molar-refractivity contribution in [1.29, 1.82) is 0 Å². The minimum absolute atomic E-state index is 0.00257. The molecular formula is C26H27BrN4O2. The first-order valence-electron chi connectivity index (χ1n) is 11.3. The topological polar surface area (TPSA) is 57.6 Å². The molecular weight excluding hydrogens is 480 g/mol. The summed E-state index contributed by atoms with van der Waals surface area (Å²) in [4.78, 5) is 28.7. The summed E-state index contributed by atoms with van der Waals surface area (Å²) in [7, 11) is 0. The smallest absolute Gasteiger partial charge is 0.246 e. The number of fused-ring (bicyclic) bond motifs is 3. The van der Waals surface area contributed by atoms with Crippen molar-refractivity contribution in [3.05, 3.63) is 82.5 Å². The predicted molar refractivity (Wildman–Crippen MR) is 133 cm³/mol. The lowest BCUT2D eigenvalue weighted by Crippen LogP contribution is -2.61. The molecule has 3 heterocycles. The van der Waals surface area contributed by atoms with Crippen molar-refractivity contribution in [2.75, 3.05) is 19.6 Å². The van der Waals surface area contributed by atoms with Crippen LogP contribution in [-0.4, -0.2) is 51.9 Å². The average molecular weight is 507 g/mol. The van der Waals surface area contributed by atoms with Crippen LogP contribution >= 0.6 is 15.9 Å². The highest BCUT2D eigenvalue weighted by Gasteiger charge is 2.31. The molecule has 0 bridgehead atoms. The lowest BCUT2D eigenvalue weighted by atomic mass is 10.0. The molecule has 2 aliphatic heterocycles. The number of hydrogen-bond donors (Lipinski definition) is 1. The fourth-order valence-corrected chi connectivity index (χ4v) is 5.28. The highest BCUT2D eigenvalue weighted by molar-refractivity contribution is 9.10. The van der Waals surface area contributed by atoms with Gasteiger partial charge in [0.15, 0.2) is 0 Å². The number of benzene rings is 2. The first-order valence-corrected chi connectivity index (χ1v) is 12.1. The van der Waals surface area contributed by atoms with Crippen molar-refractivity contribution >= 4 is 38.6 Å². The molecule has 1 N–H and O–H groups in total. The molecule has 0 unspecified atom stereocenters. The Morgan fingerprint density at radius 2 is 1.94 bits per heavy atom. The Balaban J connectivity index is 1.36. The summed E-state index contributed by atoms with van der Waals surface area (Å²) in [6.45, 7) is 7.58. The molecule has 5 rings (SSSR count). The van der Waals surface area contributed by atoms with E-state index in [4.69, 9.17) is 0 Å². The standard InChI is InChI=1S/C26H27BrN4O2/c1-2-26(33)30-14-20(15-30)28-25(32)17-31-23-9-8-19(27)12-22(23)21-10-11-29(16-24(21)31)13-18-6-4-3-5-7-18/h2-9,12,20H,1,10-11,13-17H2,(H,28,32). The summed E-state index contributed by atoms with van der Waals surface area (Å²) in [6.07, 6.45) is 2.28. The summed E-state index contributed by atoms with van der Waals surface area (Å²) in [5, 5.41) is 4.31. The van der Waals surface area contributed by atoms with Crippen molar-refractivity contribution in [3.8, 4) is 0 Å². The molecule has 0 atom stereocenters. The van der Waals surface area contributed by atoms with Crippen LogP contribution < -0.4 is 5.32 Å². The zero-order valence-electron chi connectivity index (χ0n) is 18.5. The molecule has 7 heteroatoms. The second-order valence-electron chi connectivity index (χ2n) is 8.83. The van der Waals surface area contributed by atoms with Crippen LogP contribution in [0.1, 0.15) is 16.8 Å². The largest absolute Gasteiger partial charge is 0.348 e. The maximum absolute atomic E-state index is 13.0. The Hall–Kier alpha value is -2.90. The van der Waals surface area contributed by atoms with Crippen molar-refractivity contribution < 1.29 is 9.59 Å². The minimum atomic E-state index is -0.0879. The Kier molecular flexibility index (Phi) is 6.08. The Labute approximate surface area is 202 Å². The van der Waals surface area contributed by atoms with Crippen LogP contribution in [0, 0.1) is 0 Å². The lowest BCUT2D eigenvalue weighted by Gasteiger charge is -2.39. The van der Waals surface area contributed by atoms with Gasteiger partial charge in [-0.15, -0.1) is 0 Å². The normalized spacial score (nSPS) is 16.3. The van der Waals surface area contributed by atoms with Crippen molar-refractivity contribution in [1.82, 2.24) is 19.7 Å². The quantitative estimate of drug-likeness (QED) is 0.520. The monoisotopic (exact) mass is 506 g/mol. The van der Waals surface area contributed by atoms with Crippen LogP contribution in [-0.2, 0) is 35.6 Å². The van der Waals surface area contributed by atoms with Gasteiger partial charge in [0.05, 0.1) is 6.04 Å². The van der Waals surface area contributed by atoms with Gasteiger partial charge in [-0.25, -0.2) is 0 Å². The van der Waals surface area contributed by atoms with Gasteiger partial charge in [-0.3, -0.25) is 14.5 Å². The summed E-state index contributed by atoms with van der Waals surface area (Å²) >= 11 is 3.61. The van der Waals surface area contributed by atoms with Gasteiger partial charge >= 0.3 is 0 Å². The third-order valence-corrected chi connectivity index (χ3v) is 7.08. The number of likely N-dealkylation sites (tertiary alicyclic amines) is 1. The van der Waals surface area contributed by atoms with Crippen molar-refractivity contribution in [2.45, 2.75) is 32.1 Å². The van der Waals surface area contributed by atoms with Gasteiger partial charge in [-0.05, 0) is 41.8 Å². The molecule has 170 valence electrons. The van der Waals surface area contributed by atoms with Gasteiger partial charge in [0.1, 0.15) is 6.54 Å². The summed E-state index contributed by atoms with van der Waals surface area (Å²) < 4.78 is 3.22. The molecule has 2 aliphatic rings. The predicted octanol–water partition coefficient (Wildman–Crippen LogP) is 3.48. The van der Waals surface area contributed by atoms with E-state index in [1.165, 1.54) is 28.3 Å². The van der Waals surface area contributed by atoms with Crippen molar-refractivity contribution in [3.63, 3.8) is 0 Å². The van der Waals surface area contributed by atoms with Crippen LogP contribution in [0.25, 0.3) is 10.9 Å². The molecule has 0 radical (unpaired) electrons. The fraction of sp³-hybridized carbons (Fsp3) is 0.308. The molecule has 2 amide bonds. The van der Waals surface area contributed by atoms with Gasteiger partial charge in [-0.1, -0.05) is 52.8 Å². The zero-order chi connectivity index (χ0) is 22.9. The number of nitrogens with zero attached hydrogens (tertiary/aromatic N) is 3. The van der Waals surface area contributed by atoms with E-state index in [0.29, 0.717) is 13.1 Å². The number of nitrogens with one attached hydrogen (secondary N) is 1. The van der Waals surface area contributed by atoms with Crippen LogP contribution in [0.5, 0.6) is 0 Å². The Morgan fingerprint density at radius 1 is 1.15 bits per heavy atom. The van der Waals surface area contributed by atoms with Crippen LogP contribution in [0.4, 0.5) is 0 Å². The van der Waals surface area contributed by atoms with Crippen LogP contribution in [0.3, 0.4) is 0 Å². The average Bonchev–Trinajstić information content (AvgIpc) is 3.08. The summed E-state index contributed by atoms with van der Waals surface area (Å²) in [5.74, 6) is -0.108. The molecule has 3 aromatic rings. The minimum Gasteiger partial charge on any atom is -0.348 e. The molecule has 2 aromatic carbocycles. The van der Waals surface area contributed by atoms with Gasteiger partial charge in [0.2, 0.25) is 11.8 Å². The number of rotatable bonds is 6. The summed E-state index contributed by atoms with van der Waals surface area (Å²) in [5.41, 5.74) is 4.96. The number of amides is 2. The van der Waals surface area contributed by atoms with E-state index in [0.717, 1.165) is 36.0 Å². The van der Waals surface area contributed by atoms with Crippen LogP contribution in [0.2, 0.25) is 0 Å². The maximum Gasteiger partial charge on any atom is 0.246 e. The van der Waals surface area contributed by atoms with Gasteiger partial charge in [0.25, 0.3) is 0 Å². The molecule has 0 spiro atoms. The van der Waals surface area contributed by atoms with E-state index < -0.39 is 0 Å². The van der Waals surface area contributed by atoms with E-state index in [9.17, 15) is 9.59 Å². The first kappa shape index (κ1) is 21.9. The second kappa shape index (κ2) is 9.15.